The summed E-state index contributed by atoms with van der Waals surface area (Å²) in [7, 11) is -0.701. The Morgan fingerprint density at radius 2 is 1.75 bits per heavy atom. The average Bonchev–Trinajstić information content (AvgIpc) is 2.99. The lowest BCUT2D eigenvalue weighted by Crippen LogP contribution is -2.38. The van der Waals surface area contributed by atoms with Crippen LogP contribution >= 0.6 is 0 Å². The van der Waals surface area contributed by atoms with Crippen LogP contribution in [-0.2, 0) is 21.9 Å². The van der Waals surface area contributed by atoms with Gasteiger partial charge in [-0.25, -0.2) is 8.42 Å². The Bertz CT molecular complexity index is 1250. The largest absolute Gasteiger partial charge is 0.497 e. The lowest BCUT2D eigenvalue weighted by atomic mass is 10.2. The van der Waals surface area contributed by atoms with Crippen molar-refractivity contribution in [2.75, 3.05) is 23.3 Å². The lowest BCUT2D eigenvalue weighted by molar-refractivity contribution is -0.114. The first-order chi connectivity index (χ1) is 15.0. The zero-order valence-corrected chi connectivity index (χ0v) is 19.9. The first-order valence-electron chi connectivity index (χ1n) is 10.1. The van der Waals surface area contributed by atoms with E-state index in [9.17, 15) is 13.2 Å². The Morgan fingerprint density at radius 1 is 1.09 bits per heavy atom. The molecule has 1 heterocycles. The van der Waals surface area contributed by atoms with E-state index in [0.29, 0.717) is 28.4 Å². The molecular weight excluding hydrogens is 428 g/mol. The van der Waals surface area contributed by atoms with E-state index in [1.165, 1.54) is 7.11 Å². The third-order valence-electron chi connectivity index (χ3n) is 5.33. The van der Waals surface area contributed by atoms with Crippen LogP contribution in [0.2, 0.25) is 0 Å². The van der Waals surface area contributed by atoms with E-state index in [4.69, 9.17) is 4.74 Å². The Morgan fingerprint density at radius 3 is 2.31 bits per heavy atom. The van der Waals surface area contributed by atoms with Crippen LogP contribution in [0.1, 0.15) is 22.5 Å². The van der Waals surface area contributed by atoms with Crippen molar-refractivity contribution in [1.82, 2.24) is 9.78 Å². The fraction of sp³-hybridized carbons (Fsp3) is 0.304. The number of carbonyl (C=O) groups is 1. The summed E-state index contributed by atoms with van der Waals surface area (Å²) in [4.78, 5) is 13.1. The number of anilines is 2. The topological polar surface area (TPSA) is 93.5 Å². The molecule has 9 heteroatoms. The zero-order valence-electron chi connectivity index (χ0n) is 19.1. The minimum atomic E-state index is -4.02. The second-order valence-electron chi connectivity index (χ2n) is 7.70. The molecule has 0 fully saturated rings. The fourth-order valence-corrected chi connectivity index (χ4v) is 5.16. The van der Waals surface area contributed by atoms with E-state index in [0.717, 1.165) is 15.6 Å². The van der Waals surface area contributed by atoms with Gasteiger partial charge in [0.1, 0.15) is 12.3 Å². The van der Waals surface area contributed by atoms with Crippen molar-refractivity contribution >= 4 is 27.3 Å². The molecule has 0 aliphatic heterocycles. The number of hydrogen-bond acceptors (Lipinski definition) is 5. The number of benzene rings is 2. The number of carbonyl (C=O) groups excluding carboxylic acids is 1. The molecule has 1 amide bonds. The molecule has 3 aromatic rings. The van der Waals surface area contributed by atoms with Gasteiger partial charge in [0.15, 0.2) is 0 Å². The smallest absolute Gasteiger partial charge is 0.265 e. The van der Waals surface area contributed by atoms with E-state index in [1.54, 1.807) is 62.0 Å². The zero-order chi connectivity index (χ0) is 23.6. The molecular formula is C23H28N4O4S. The Balaban J connectivity index is 2.02. The number of methoxy groups -OCH3 is 1. The molecule has 0 saturated heterocycles. The normalized spacial score (nSPS) is 11.3. The highest BCUT2D eigenvalue weighted by Gasteiger charge is 2.29. The number of sulfonamides is 1. The molecule has 1 aromatic heterocycles. The Kier molecular flexibility index (Phi) is 6.59. The summed E-state index contributed by atoms with van der Waals surface area (Å²) in [6.07, 6.45) is 0. The van der Waals surface area contributed by atoms with Crippen LogP contribution in [0.5, 0.6) is 5.75 Å². The monoisotopic (exact) mass is 456 g/mol. The number of rotatable bonds is 7. The van der Waals surface area contributed by atoms with Gasteiger partial charge in [0.25, 0.3) is 10.0 Å². The average molecular weight is 457 g/mol. The second-order valence-corrected chi connectivity index (χ2v) is 9.53. The van der Waals surface area contributed by atoms with Gasteiger partial charge in [-0.15, -0.1) is 0 Å². The molecule has 0 bridgehead atoms. The van der Waals surface area contributed by atoms with Crippen LogP contribution in [0.4, 0.5) is 11.4 Å². The molecule has 0 radical (unpaired) electrons. The van der Waals surface area contributed by atoms with Crippen LogP contribution in [0, 0.1) is 27.7 Å². The molecule has 0 aliphatic rings. The van der Waals surface area contributed by atoms with Gasteiger partial charge in [0, 0.05) is 7.05 Å². The van der Waals surface area contributed by atoms with Gasteiger partial charge in [-0.3, -0.25) is 13.8 Å². The molecule has 2 aromatic carbocycles. The summed E-state index contributed by atoms with van der Waals surface area (Å²) in [5.74, 6) is 0.123. The molecule has 0 saturated carbocycles. The predicted octanol–water partition coefficient (Wildman–Crippen LogP) is 3.50. The minimum absolute atomic E-state index is 0.162. The van der Waals surface area contributed by atoms with Crippen molar-refractivity contribution in [2.24, 2.45) is 7.05 Å². The fourth-order valence-electron chi connectivity index (χ4n) is 3.43. The van der Waals surface area contributed by atoms with E-state index in [2.05, 4.69) is 10.4 Å². The first kappa shape index (κ1) is 23.3. The highest BCUT2D eigenvalue weighted by Crippen LogP contribution is 2.28. The quantitative estimate of drug-likeness (QED) is 0.587. The standard InChI is InChI=1S/C23H28N4O4S/c1-15-7-8-16(2)21(13-15)32(29,30)27(19-9-11-20(31-6)12-10-19)14-22(28)24-23-17(3)25-26(5)18(23)4/h7-13H,14H2,1-6H3,(H,24,28). The van der Waals surface area contributed by atoms with Gasteiger partial charge in [-0.2, -0.15) is 5.10 Å². The number of nitrogens with one attached hydrogen (secondary N) is 1. The highest BCUT2D eigenvalue weighted by atomic mass is 32.2. The summed E-state index contributed by atoms with van der Waals surface area (Å²) in [6, 6.07) is 11.8. The van der Waals surface area contributed by atoms with Crippen LogP contribution in [0.15, 0.2) is 47.4 Å². The Hall–Kier alpha value is -3.33. The summed E-state index contributed by atoms with van der Waals surface area (Å²) in [5.41, 5.74) is 3.80. The second kappa shape index (κ2) is 9.04. The summed E-state index contributed by atoms with van der Waals surface area (Å²) in [6.45, 7) is 6.80. The Labute approximate surface area is 188 Å². The van der Waals surface area contributed by atoms with Crippen molar-refractivity contribution in [3.63, 3.8) is 0 Å². The van der Waals surface area contributed by atoms with Gasteiger partial charge in [0.05, 0.1) is 34.8 Å². The molecule has 1 N–H and O–H groups in total. The van der Waals surface area contributed by atoms with Crippen LogP contribution < -0.4 is 14.4 Å². The molecule has 170 valence electrons. The summed E-state index contributed by atoms with van der Waals surface area (Å²) >= 11 is 0. The molecule has 8 nitrogen and oxygen atoms in total. The number of aromatic nitrogens is 2. The van der Waals surface area contributed by atoms with Gasteiger partial charge >= 0.3 is 0 Å². The maximum Gasteiger partial charge on any atom is 0.265 e. The highest BCUT2D eigenvalue weighted by molar-refractivity contribution is 7.93. The number of aryl methyl sites for hydroxylation is 4. The van der Waals surface area contributed by atoms with Crippen molar-refractivity contribution < 1.29 is 17.9 Å². The number of amides is 1. The van der Waals surface area contributed by atoms with E-state index >= 15 is 0 Å². The van der Waals surface area contributed by atoms with Gasteiger partial charge in [-0.1, -0.05) is 12.1 Å². The number of nitrogens with zero attached hydrogens (tertiary/aromatic N) is 3. The van der Waals surface area contributed by atoms with Crippen LogP contribution in [0.3, 0.4) is 0 Å². The van der Waals surface area contributed by atoms with Crippen molar-refractivity contribution in [2.45, 2.75) is 32.6 Å². The molecule has 3 rings (SSSR count). The van der Waals surface area contributed by atoms with Gasteiger partial charge in [-0.05, 0) is 69.2 Å². The summed E-state index contributed by atoms with van der Waals surface area (Å²) < 4.78 is 35.3. The van der Waals surface area contributed by atoms with Crippen molar-refractivity contribution in [1.29, 1.82) is 0 Å². The van der Waals surface area contributed by atoms with E-state index in [1.807, 2.05) is 19.9 Å². The van der Waals surface area contributed by atoms with Crippen molar-refractivity contribution in [3.05, 3.63) is 65.0 Å². The maximum atomic E-state index is 13.7. The predicted molar refractivity (Wildman–Crippen MR) is 125 cm³/mol. The van der Waals surface area contributed by atoms with E-state index in [-0.39, 0.29) is 4.90 Å². The summed E-state index contributed by atoms with van der Waals surface area (Å²) in [5, 5.41) is 7.11. The van der Waals surface area contributed by atoms with E-state index < -0.39 is 22.5 Å². The van der Waals surface area contributed by atoms with Crippen molar-refractivity contribution in [3.8, 4) is 5.75 Å². The van der Waals surface area contributed by atoms with Crippen LogP contribution in [-0.4, -0.2) is 37.8 Å². The van der Waals surface area contributed by atoms with Gasteiger partial charge in [0.2, 0.25) is 5.91 Å². The molecule has 32 heavy (non-hydrogen) atoms. The van der Waals surface area contributed by atoms with Crippen LogP contribution in [0.25, 0.3) is 0 Å². The first-order valence-corrected chi connectivity index (χ1v) is 11.5. The number of hydrogen-bond donors (Lipinski definition) is 1. The van der Waals surface area contributed by atoms with Gasteiger partial charge < -0.3 is 10.1 Å². The minimum Gasteiger partial charge on any atom is -0.497 e. The molecule has 0 atom stereocenters. The SMILES string of the molecule is COc1ccc(N(CC(=O)Nc2c(C)nn(C)c2C)S(=O)(=O)c2cc(C)ccc2C)cc1. The molecule has 0 unspecified atom stereocenters. The third-order valence-corrected chi connectivity index (χ3v) is 7.25. The molecule has 0 aliphatic carbocycles. The lowest BCUT2D eigenvalue weighted by Gasteiger charge is -2.25. The molecule has 0 spiro atoms. The maximum absolute atomic E-state index is 13.7. The number of ether oxygens (including phenoxy) is 1. The third kappa shape index (κ3) is 4.62.